The Balaban J connectivity index is 0.00000112. The monoisotopic (exact) mass is 436 g/mol. The van der Waals surface area contributed by atoms with Gasteiger partial charge in [0.2, 0.25) is 0 Å². The maximum absolute atomic E-state index is 12.8. The summed E-state index contributed by atoms with van der Waals surface area (Å²) in [5.41, 5.74) is 5.62. The first-order valence-electron chi connectivity index (χ1n) is 10.7. The topological polar surface area (TPSA) is 51.7 Å². The molecule has 0 unspecified atom stereocenters. The Morgan fingerprint density at radius 2 is 2.10 bits per heavy atom. The van der Waals surface area contributed by atoms with Crippen molar-refractivity contribution in [2.45, 2.75) is 39.3 Å². The van der Waals surface area contributed by atoms with E-state index >= 15 is 0 Å². The zero-order valence-corrected chi connectivity index (χ0v) is 19.3. The van der Waals surface area contributed by atoms with E-state index in [0.717, 1.165) is 44.7 Å². The molecular formula is C25H28N2O3S. The van der Waals surface area contributed by atoms with Crippen molar-refractivity contribution < 1.29 is 14.3 Å². The second-order valence-corrected chi connectivity index (χ2v) is 8.26. The van der Waals surface area contributed by atoms with Crippen molar-refractivity contribution in [3.63, 3.8) is 0 Å². The number of carbonyl (C=O) groups excluding carboxylic acids is 1. The molecule has 0 fully saturated rings. The predicted octanol–water partition coefficient (Wildman–Crippen LogP) is 5.28. The molecule has 2 aromatic rings. The quantitative estimate of drug-likeness (QED) is 0.480. The van der Waals surface area contributed by atoms with Gasteiger partial charge in [-0.1, -0.05) is 45.5 Å². The summed E-state index contributed by atoms with van der Waals surface area (Å²) in [7, 11) is 0. The number of esters is 1. The molecule has 6 heteroatoms. The molecule has 162 valence electrons. The molecule has 4 heterocycles. The second-order valence-electron chi connectivity index (χ2n) is 7.45. The molecule has 3 aliphatic rings. The Bertz CT molecular complexity index is 1120. The van der Waals surface area contributed by atoms with Gasteiger partial charge in [0.15, 0.2) is 5.60 Å². The van der Waals surface area contributed by atoms with Crippen LogP contribution in [0.2, 0.25) is 0 Å². The summed E-state index contributed by atoms with van der Waals surface area (Å²) in [6.07, 6.45) is 4.53. The Hall–Kier alpha value is -2.57. The summed E-state index contributed by atoms with van der Waals surface area (Å²) in [5, 5.41) is 1.12. The highest BCUT2D eigenvalue weighted by Gasteiger charge is 2.50. The van der Waals surface area contributed by atoms with E-state index in [9.17, 15) is 4.79 Å². The first-order valence-corrected chi connectivity index (χ1v) is 12.1. The number of ether oxygens (including phenoxy) is 2. The lowest BCUT2D eigenvalue weighted by Gasteiger charge is -2.41. The molecule has 1 atom stereocenters. The zero-order chi connectivity index (χ0) is 22.2. The highest BCUT2D eigenvalue weighted by Crippen LogP contribution is 2.47. The van der Waals surface area contributed by atoms with Crippen LogP contribution < -0.4 is 0 Å². The summed E-state index contributed by atoms with van der Waals surface area (Å²) < 4.78 is 11.7. The van der Waals surface area contributed by atoms with Crippen LogP contribution >= 0.6 is 11.8 Å². The third-order valence-corrected chi connectivity index (χ3v) is 6.33. The number of para-hydroxylation sites is 1. The molecule has 5 rings (SSSR count). The van der Waals surface area contributed by atoms with Crippen LogP contribution in [-0.4, -0.2) is 40.3 Å². The number of rotatable bonds is 4. The van der Waals surface area contributed by atoms with Gasteiger partial charge in [0.1, 0.15) is 6.61 Å². The van der Waals surface area contributed by atoms with Gasteiger partial charge in [0.25, 0.3) is 0 Å². The number of carbonyl (C=O) groups is 1. The maximum Gasteiger partial charge on any atom is 0.343 e. The lowest BCUT2D eigenvalue weighted by Crippen LogP contribution is -2.49. The van der Waals surface area contributed by atoms with Gasteiger partial charge in [0, 0.05) is 27.8 Å². The van der Waals surface area contributed by atoms with Crippen LogP contribution in [-0.2, 0) is 20.8 Å². The maximum atomic E-state index is 12.8. The van der Waals surface area contributed by atoms with Crippen molar-refractivity contribution in [2.24, 2.45) is 0 Å². The van der Waals surface area contributed by atoms with Crippen LogP contribution in [0.1, 0.15) is 38.4 Å². The smallest absolute Gasteiger partial charge is 0.343 e. The molecule has 0 aliphatic carbocycles. The number of fused-ring (bicyclic) bond motifs is 4. The second kappa shape index (κ2) is 8.52. The number of hydrogen-bond acceptors (Lipinski definition) is 6. The van der Waals surface area contributed by atoms with Gasteiger partial charge in [0.05, 0.1) is 29.4 Å². The molecule has 3 aliphatic heterocycles. The van der Waals surface area contributed by atoms with Crippen LogP contribution in [0, 0.1) is 0 Å². The van der Waals surface area contributed by atoms with Gasteiger partial charge in [-0.3, -0.25) is 0 Å². The summed E-state index contributed by atoms with van der Waals surface area (Å²) in [6, 6.07) is 10.3. The number of pyridine rings is 1. The molecule has 5 nitrogen and oxygen atoms in total. The highest BCUT2D eigenvalue weighted by atomic mass is 32.2. The molecule has 1 aromatic carbocycles. The van der Waals surface area contributed by atoms with Crippen molar-refractivity contribution in [1.82, 2.24) is 9.88 Å². The summed E-state index contributed by atoms with van der Waals surface area (Å²) in [4.78, 5) is 20.0. The highest BCUT2D eigenvalue weighted by molar-refractivity contribution is 7.98. The first-order chi connectivity index (χ1) is 15.1. The van der Waals surface area contributed by atoms with Crippen molar-refractivity contribution in [3.05, 3.63) is 71.1 Å². The van der Waals surface area contributed by atoms with Gasteiger partial charge in [-0.05, 0) is 30.9 Å². The number of thioether (sulfide) groups is 1. The fourth-order valence-electron chi connectivity index (χ4n) is 4.43. The van der Waals surface area contributed by atoms with Gasteiger partial charge in [-0.25, -0.2) is 9.78 Å². The van der Waals surface area contributed by atoms with Crippen molar-refractivity contribution >= 4 is 34.3 Å². The van der Waals surface area contributed by atoms with E-state index in [-0.39, 0.29) is 12.6 Å². The number of cyclic esters (lactones) is 1. The SMILES string of the molecule is C=C1C2=C(C=C3c4nc5ccccc5cc4CN13)[C@](CC)(OCSC)C(=O)OC2.CC. The van der Waals surface area contributed by atoms with Crippen molar-refractivity contribution in [1.29, 1.82) is 0 Å². The van der Waals surface area contributed by atoms with Crippen LogP contribution in [0.25, 0.3) is 16.6 Å². The van der Waals surface area contributed by atoms with Crippen molar-refractivity contribution in [3.8, 4) is 0 Å². The van der Waals surface area contributed by atoms with E-state index < -0.39 is 5.60 Å². The van der Waals surface area contributed by atoms with Crippen LogP contribution in [0.5, 0.6) is 0 Å². The van der Waals surface area contributed by atoms with Crippen LogP contribution in [0.3, 0.4) is 0 Å². The summed E-state index contributed by atoms with van der Waals surface area (Å²) in [6.45, 7) is 11.2. The van der Waals surface area contributed by atoms with Crippen LogP contribution in [0.4, 0.5) is 0 Å². The van der Waals surface area contributed by atoms with Gasteiger partial charge in [-0.2, -0.15) is 0 Å². The van der Waals surface area contributed by atoms with E-state index in [2.05, 4.69) is 29.7 Å². The third-order valence-electron chi connectivity index (χ3n) is 5.98. The Morgan fingerprint density at radius 3 is 2.84 bits per heavy atom. The molecule has 0 amide bonds. The van der Waals surface area contributed by atoms with Gasteiger partial charge in [-0.15, -0.1) is 11.8 Å². The van der Waals surface area contributed by atoms with E-state index in [4.69, 9.17) is 14.5 Å². The van der Waals surface area contributed by atoms with E-state index in [1.165, 1.54) is 0 Å². The van der Waals surface area contributed by atoms with E-state index in [1.807, 2.05) is 45.2 Å². The standard InChI is InChI=1S/C23H22N2O3S.C2H6/c1-4-23(28-13-29-3)18-10-20-21-16(9-15-7-5-6-8-19(15)24-21)11-25(20)14(2)17(18)12-27-22(23)26;1-2/h5-10H,2,4,11-13H2,1,3H3;1-2H3/t23-;/m0./s1. The van der Waals surface area contributed by atoms with Gasteiger partial charge >= 0.3 is 5.97 Å². The van der Waals surface area contributed by atoms with E-state index in [0.29, 0.717) is 18.9 Å². The van der Waals surface area contributed by atoms with E-state index in [1.54, 1.807) is 11.8 Å². The molecule has 0 saturated carbocycles. The Labute approximate surface area is 187 Å². The van der Waals surface area contributed by atoms with Crippen LogP contribution in [0.15, 0.2) is 59.8 Å². The number of benzene rings is 1. The fraction of sp³-hybridized carbons (Fsp3) is 0.360. The fourth-order valence-corrected chi connectivity index (χ4v) is 4.75. The third kappa shape index (κ3) is 3.29. The lowest BCUT2D eigenvalue weighted by atomic mass is 9.82. The average Bonchev–Trinajstić information content (AvgIpc) is 3.16. The largest absolute Gasteiger partial charge is 0.458 e. The molecule has 0 radical (unpaired) electrons. The summed E-state index contributed by atoms with van der Waals surface area (Å²) in [5.74, 6) is 0.0917. The Kier molecular flexibility index (Phi) is 5.95. The average molecular weight is 437 g/mol. The zero-order valence-electron chi connectivity index (χ0n) is 18.5. The molecular weight excluding hydrogens is 408 g/mol. The molecule has 0 saturated heterocycles. The molecule has 1 aromatic heterocycles. The first kappa shape index (κ1) is 21.7. The minimum atomic E-state index is -1.10. The summed E-state index contributed by atoms with van der Waals surface area (Å²) >= 11 is 1.54. The number of aromatic nitrogens is 1. The number of nitrogens with zero attached hydrogens (tertiary/aromatic N) is 2. The Morgan fingerprint density at radius 1 is 1.32 bits per heavy atom. The molecule has 0 N–H and O–H groups in total. The minimum Gasteiger partial charge on any atom is -0.458 e. The molecule has 0 bridgehead atoms. The van der Waals surface area contributed by atoms with Gasteiger partial charge < -0.3 is 14.4 Å². The minimum absolute atomic E-state index is 0.226. The predicted molar refractivity (Wildman–Crippen MR) is 126 cm³/mol. The normalized spacial score (nSPS) is 21.7. The number of hydrogen-bond donors (Lipinski definition) is 0. The van der Waals surface area contributed by atoms with Crippen molar-refractivity contribution in [2.75, 3.05) is 18.8 Å². The lowest BCUT2D eigenvalue weighted by molar-refractivity contribution is -0.167. The molecule has 31 heavy (non-hydrogen) atoms. The molecule has 0 spiro atoms.